The quantitative estimate of drug-likeness (QED) is 0.723. The molecule has 1 aromatic carbocycles. The van der Waals surface area contributed by atoms with Gasteiger partial charge in [-0.15, -0.1) is 0 Å². The summed E-state index contributed by atoms with van der Waals surface area (Å²) in [4.78, 5) is 0. The van der Waals surface area contributed by atoms with E-state index in [4.69, 9.17) is 9.84 Å². The van der Waals surface area contributed by atoms with Crippen LogP contribution in [0.15, 0.2) is 22.7 Å². The maximum atomic E-state index is 8.65. The second-order valence-corrected chi connectivity index (χ2v) is 4.77. The van der Waals surface area contributed by atoms with Crippen LogP contribution in [0.4, 0.5) is 5.69 Å². The number of hydrogen-bond donors (Lipinski definition) is 2. The van der Waals surface area contributed by atoms with Crippen LogP contribution in [0, 0.1) is 0 Å². The van der Waals surface area contributed by atoms with Crippen LogP contribution in [0.1, 0.15) is 25.7 Å². The van der Waals surface area contributed by atoms with Crippen LogP contribution in [0.2, 0.25) is 0 Å². The number of aliphatic hydroxyl groups is 1. The number of methoxy groups -OCH3 is 1. The van der Waals surface area contributed by atoms with Gasteiger partial charge >= 0.3 is 0 Å². The smallest absolute Gasteiger partial charge is 0.133 e. The van der Waals surface area contributed by atoms with E-state index in [-0.39, 0.29) is 0 Å². The van der Waals surface area contributed by atoms with Crippen molar-refractivity contribution in [3.63, 3.8) is 0 Å². The molecule has 0 radical (unpaired) electrons. The zero-order valence-corrected chi connectivity index (χ0v) is 11.8. The molecule has 0 aliphatic heterocycles. The monoisotopic (exact) mass is 301 g/mol. The molecule has 0 aliphatic carbocycles. The van der Waals surface area contributed by atoms with Gasteiger partial charge in [0.05, 0.1) is 11.6 Å². The Hall–Kier alpha value is -0.740. The van der Waals surface area contributed by atoms with E-state index in [1.165, 1.54) is 0 Å². The van der Waals surface area contributed by atoms with E-state index in [1.54, 1.807) is 7.11 Å². The van der Waals surface area contributed by atoms with Gasteiger partial charge in [0.2, 0.25) is 0 Å². The molecule has 0 aliphatic rings. The third-order valence-electron chi connectivity index (χ3n) is 2.57. The van der Waals surface area contributed by atoms with E-state index in [2.05, 4.69) is 21.2 Å². The molecule has 96 valence electrons. The Morgan fingerprint density at radius 3 is 2.65 bits per heavy atom. The lowest BCUT2D eigenvalue weighted by Gasteiger charge is -2.09. The summed E-state index contributed by atoms with van der Waals surface area (Å²) in [5.41, 5.74) is 1.10. The first-order valence-corrected chi connectivity index (χ1v) is 6.75. The second kappa shape index (κ2) is 8.37. The Balaban J connectivity index is 2.25. The van der Waals surface area contributed by atoms with E-state index in [9.17, 15) is 0 Å². The number of anilines is 1. The zero-order chi connectivity index (χ0) is 12.5. The molecule has 0 spiro atoms. The van der Waals surface area contributed by atoms with Crippen molar-refractivity contribution in [2.45, 2.75) is 25.7 Å². The van der Waals surface area contributed by atoms with Crippen LogP contribution in [0.3, 0.4) is 0 Å². The molecular formula is C13H20BrNO2. The van der Waals surface area contributed by atoms with Gasteiger partial charge in [-0.1, -0.05) is 12.8 Å². The van der Waals surface area contributed by atoms with Gasteiger partial charge in [0, 0.05) is 18.8 Å². The number of benzene rings is 1. The zero-order valence-electron chi connectivity index (χ0n) is 10.2. The Kier molecular flexibility index (Phi) is 7.05. The molecular weight excluding hydrogens is 282 g/mol. The van der Waals surface area contributed by atoms with Crippen molar-refractivity contribution in [3.8, 4) is 5.75 Å². The van der Waals surface area contributed by atoms with Gasteiger partial charge in [-0.3, -0.25) is 0 Å². The van der Waals surface area contributed by atoms with Gasteiger partial charge < -0.3 is 15.2 Å². The predicted molar refractivity (Wildman–Crippen MR) is 74.7 cm³/mol. The first-order chi connectivity index (χ1) is 8.27. The summed E-state index contributed by atoms with van der Waals surface area (Å²) in [7, 11) is 1.66. The summed E-state index contributed by atoms with van der Waals surface area (Å²) < 4.78 is 6.13. The number of hydrogen-bond acceptors (Lipinski definition) is 3. The van der Waals surface area contributed by atoms with Crippen LogP contribution < -0.4 is 10.1 Å². The van der Waals surface area contributed by atoms with Crippen LogP contribution in [-0.2, 0) is 0 Å². The topological polar surface area (TPSA) is 41.5 Å². The molecule has 2 N–H and O–H groups in total. The number of halogens is 1. The molecule has 4 heteroatoms. The SMILES string of the molecule is COc1ccc(NCCCCCCO)cc1Br. The molecule has 0 fully saturated rings. The number of rotatable bonds is 8. The summed E-state index contributed by atoms with van der Waals surface area (Å²) >= 11 is 3.46. The second-order valence-electron chi connectivity index (χ2n) is 3.91. The highest BCUT2D eigenvalue weighted by Crippen LogP contribution is 2.27. The third-order valence-corrected chi connectivity index (χ3v) is 3.19. The Morgan fingerprint density at radius 1 is 1.24 bits per heavy atom. The minimum Gasteiger partial charge on any atom is -0.496 e. The normalized spacial score (nSPS) is 10.3. The first kappa shape index (κ1) is 14.3. The van der Waals surface area contributed by atoms with Crippen molar-refractivity contribution in [2.24, 2.45) is 0 Å². The van der Waals surface area contributed by atoms with E-state index in [0.29, 0.717) is 6.61 Å². The maximum absolute atomic E-state index is 8.65. The van der Waals surface area contributed by atoms with Gasteiger partial charge in [0.25, 0.3) is 0 Å². The van der Waals surface area contributed by atoms with Crippen molar-refractivity contribution < 1.29 is 9.84 Å². The molecule has 0 bridgehead atoms. The lowest BCUT2D eigenvalue weighted by Crippen LogP contribution is -2.01. The Labute approximate surface area is 111 Å². The summed E-state index contributed by atoms with van der Waals surface area (Å²) in [6, 6.07) is 5.97. The predicted octanol–water partition coefficient (Wildman–Crippen LogP) is 3.42. The molecule has 0 aromatic heterocycles. The van der Waals surface area contributed by atoms with Gasteiger partial charge in [0.15, 0.2) is 0 Å². The summed E-state index contributed by atoms with van der Waals surface area (Å²) in [5, 5.41) is 12.0. The molecule has 0 atom stereocenters. The lowest BCUT2D eigenvalue weighted by atomic mass is 10.2. The van der Waals surface area contributed by atoms with Crippen LogP contribution in [0.25, 0.3) is 0 Å². The molecule has 0 heterocycles. The Morgan fingerprint density at radius 2 is 2.00 bits per heavy atom. The molecule has 0 unspecified atom stereocenters. The summed E-state index contributed by atoms with van der Waals surface area (Å²) in [5.74, 6) is 0.846. The largest absolute Gasteiger partial charge is 0.496 e. The van der Waals surface area contributed by atoms with Crippen molar-refractivity contribution >= 4 is 21.6 Å². The molecule has 17 heavy (non-hydrogen) atoms. The molecule has 0 saturated carbocycles. The standard InChI is InChI=1S/C13H20BrNO2/c1-17-13-7-6-11(10-12(13)14)15-8-4-2-3-5-9-16/h6-7,10,15-16H,2-5,8-9H2,1H3. The fourth-order valence-electron chi connectivity index (χ4n) is 1.60. The molecule has 1 rings (SSSR count). The van der Waals surface area contributed by atoms with Crippen molar-refractivity contribution in [2.75, 3.05) is 25.6 Å². The third kappa shape index (κ3) is 5.41. The van der Waals surface area contributed by atoms with Crippen LogP contribution >= 0.6 is 15.9 Å². The lowest BCUT2D eigenvalue weighted by molar-refractivity contribution is 0.283. The van der Waals surface area contributed by atoms with Gasteiger partial charge in [-0.2, -0.15) is 0 Å². The molecule has 1 aromatic rings. The minimum absolute atomic E-state index is 0.304. The first-order valence-electron chi connectivity index (χ1n) is 5.96. The van der Waals surface area contributed by atoms with E-state index in [1.807, 2.05) is 18.2 Å². The van der Waals surface area contributed by atoms with Gasteiger partial charge in [-0.05, 0) is 47.0 Å². The van der Waals surface area contributed by atoms with Gasteiger partial charge in [0.1, 0.15) is 5.75 Å². The fourth-order valence-corrected chi connectivity index (χ4v) is 2.14. The number of unbranched alkanes of at least 4 members (excludes halogenated alkanes) is 3. The summed E-state index contributed by atoms with van der Waals surface area (Å²) in [6.45, 7) is 1.27. The molecule has 0 saturated heterocycles. The number of nitrogens with one attached hydrogen (secondary N) is 1. The summed E-state index contributed by atoms with van der Waals surface area (Å²) in [6.07, 6.45) is 4.30. The van der Waals surface area contributed by atoms with E-state index < -0.39 is 0 Å². The average molecular weight is 302 g/mol. The van der Waals surface area contributed by atoms with Crippen molar-refractivity contribution in [1.29, 1.82) is 0 Å². The highest BCUT2D eigenvalue weighted by molar-refractivity contribution is 9.10. The number of aliphatic hydroxyl groups excluding tert-OH is 1. The van der Waals surface area contributed by atoms with Crippen molar-refractivity contribution in [3.05, 3.63) is 22.7 Å². The highest BCUT2D eigenvalue weighted by atomic mass is 79.9. The molecule has 0 amide bonds. The maximum Gasteiger partial charge on any atom is 0.133 e. The Bertz CT molecular complexity index is 331. The van der Waals surface area contributed by atoms with Crippen molar-refractivity contribution in [1.82, 2.24) is 0 Å². The molecule has 3 nitrogen and oxygen atoms in total. The number of ether oxygens (including phenoxy) is 1. The van der Waals surface area contributed by atoms with E-state index >= 15 is 0 Å². The van der Waals surface area contributed by atoms with Gasteiger partial charge in [-0.25, -0.2) is 0 Å². The highest BCUT2D eigenvalue weighted by Gasteiger charge is 2.00. The van der Waals surface area contributed by atoms with Crippen LogP contribution in [0.5, 0.6) is 5.75 Å². The minimum atomic E-state index is 0.304. The van der Waals surface area contributed by atoms with Crippen LogP contribution in [-0.4, -0.2) is 25.4 Å². The average Bonchev–Trinajstić information content (AvgIpc) is 2.34. The van der Waals surface area contributed by atoms with E-state index in [0.717, 1.165) is 48.1 Å². The fraction of sp³-hybridized carbons (Fsp3) is 0.538.